The van der Waals surface area contributed by atoms with Crippen molar-refractivity contribution in [1.82, 2.24) is 19.4 Å². The Bertz CT molecular complexity index is 735. The number of imidazole rings is 1. The Hall–Kier alpha value is -2.14. The van der Waals surface area contributed by atoms with Crippen LogP contribution in [0.3, 0.4) is 0 Å². The van der Waals surface area contributed by atoms with Gasteiger partial charge in [0.1, 0.15) is 5.82 Å². The minimum absolute atomic E-state index is 0.231. The summed E-state index contributed by atoms with van der Waals surface area (Å²) >= 11 is 0. The molecule has 2 aromatic rings. The zero-order valence-corrected chi connectivity index (χ0v) is 16.9. The molecule has 0 N–H and O–H groups in total. The SMILES string of the molecule is Cc1ccc(CC(=O)N2CCC[C@@H](c3nccn3CCCN(C)C)C2)cc1. The molecule has 1 aromatic carbocycles. The van der Waals surface area contributed by atoms with Crippen LogP contribution in [0.2, 0.25) is 0 Å². The molecular weight excluding hydrogens is 336 g/mol. The lowest BCUT2D eigenvalue weighted by molar-refractivity contribution is -0.131. The summed E-state index contributed by atoms with van der Waals surface area (Å²) in [5, 5.41) is 0. The quantitative estimate of drug-likeness (QED) is 0.754. The third-order valence-corrected chi connectivity index (χ3v) is 5.37. The van der Waals surface area contributed by atoms with E-state index in [1.807, 2.05) is 11.1 Å². The van der Waals surface area contributed by atoms with E-state index in [0.717, 1.165) is 56.8 Å². The number of rotatable bonds is 7. The maximum absolute atomic E-state index is 12.8. The van der Waals surface area contributed by atoms with Crippen molar-refractivity contribution < 1.29 is 4.79 Å². The van der Waals surface area contributed by atoms with Crippen LogP contribution in [-0.2, 0) is 17.8 Å². The van der Waals surface area contributed by atoms with E-state index in [1.165, 1.54) is 5.56 Å². The number of nitrogens with zero attached hydrogens (tertiary/aromatic N) is 4. The number of likely N-dealkylation sites (tertiary alicyclic amines) is 1. The van der Waals surface area contributed by atoms with E-state index in [1.54, 1.807) is 0 Å². The van der Waals surface area contributed by atoms with Crippen LogP contribution in [0.4, 0.5) is 0 Å². The lowest BCUT2D eigenvalue weighted by Crippen LogP contribution is -2.40. The summed E-state index contributed by atoms with van der Waals surface area (Å²) in [6.07, 6.45) is 7.74. The summed E-state index contributed by atoms with van der Waals surface area (Å²) in [6, 6.07) is 8.27. The summed E-state index contributed by atoms with van der Waals surface area (Å²) in [5.74, 6) is 1.71. The molecule has 27 heavy (non-hydrogen) atoms. The predicted octanol–water partition coefficient (Wildman–Crippen LogP) is 3.09. The van der Waals surface area contributed by atoms with Crippen molar-refractivity contribution in [3.05, 3.63) is 53.6 Å². The van der Waals surface area contributed by atoms with Gasteiger partial charge in [-0.2, -0.15) is 0 Å². The van der Waals surface area contributed by atoms with Gasteiger partial charge >= 0.3 is 0 Å². The number of hydrogen-bond donors (Lipinski definition) is 0. The molecule has 1 saturated heterocycles. The zero-order valence-electron chi connectivity index (χ0n) is 16.9. The molecule has 3 rings (SSSR count). The highest BCUT2D eigenvalue weighted by Gasteiger charge is 2.27. The van der Waals surface area contributed by atoms with Crippen LogP contribution in [0.15, 0.2) is 36.7 Å². The Morgan fingerprint density at radius 3 is 2.78 bits per heavy atom. The first-order chi connectivity index (χ1) is 13.0. The fourth-order valence-corrected chi connectivity index (χ4v) is 3.83. The maximum atomic E-state index is 12.8. The van der Waals surface area contributed by atoms with E-state index in [9.17, 15) is 4.79 Å². The molecule has 0 bridgehead atoms. The highest BCUT2D eigenvalue weighted by molar-refractivity contribution is 5.79. The predicted molar refractivity (Wildman–Crippen MR) is 109 cm³/mol. The Morgan fingerprint density at radius 1 is 1.26 bits per heavy atom. The molecule has 5 heteroatoms. The molecule has 0 unspecified atom stereocenters. The normalized spacial score (nSPS) is 17.5. The average molecular weight is 369 g/mol. The standard InChI is InChI=1S/C22H32N4O/c1-18-7-9-19(10-8-18)16-21(27)26-13-4-6-20(17-26)22-23-11-15-25(22)14-5-12-24(2)3/h7-11,15,20H,4-6,12-14,16-17H2,1-3H3/t20-/m1/s1. The van der Waals surface area contributed by atoms with Crippen molar-refractivity contribution in [1.29, 1.82) is 0 Å². The number of carbonyl (C=O) groups is 1. The topological polar surface area (TPSA) is 41.4 Å². The molecule has 1 aromatic heterocycles. The molecule has 1 aliphatic rings. The summed E-state index contributed by atoms with van der Waals surface area (Å²) in [4.78, 5) is 21.7. The van der Waals surface area contributed by atoms with Gasteiger partial charge in [-0.3, -0.25) is 4.79 Å². The van der Waals surface area contributed by atoms with Crippen LogP contribution in [-0.4, -0.2) is 59.0 Å². The van der Waals surface area contributed by atoms with Crippen LogP contribution in [0.25, 0.3) is 0 Å². The molecule has 0 radical (unpaired) electrons. The van der Waals surface area contributed by atoms with Gasteiger partial charge in [0.05, 0.1) is 6.42 Å². The van der Waals surface area contributed by atoms with Crippen LogP contribution >= 0.6 is 0 Å². The first-order valence-electron chi connectivity index (χ1n) is 10.0. The van der Waals surface area contributed by atoms with E-state index in [4.69, 9.17) is 0 Å². The van der Waals surface area contributed by atoms with Crippen molar-refractivity contribution in [3.8, 4) is 0 Å². The zero-order chi connectivity index (χ0) is 19.2. The van der Waals surface area contributed by atoms with Gasteiger partial charge in [-0.25, -0.2) is 4.98 Å². The number of aryl methyl sites for hydroxylation is 2. The van der Waals surface area contributed by atoms with Crippen molar-refractivity contribution in [3.63, 3.8) is 0 Å². The lowest BCUT2D eigenvalue weighted by Gasteiger charge is -2.33. The average Bonchev–Trinajstić information content (AvgIpc) is 3.12. The van der Waals surface area contributed by atoms with Crippen molar-refractivity contribution in [2.24, 2.45) is 0 Å². The van der Waals surface area contributed by atoms with Gasteiger partial charge in [0.25, 0.3) is 0 Å². The third-order valence-electron chi connectivity index (χ3n) is 5.37. The summed E-state index contributed by atoms with van der Waals surface area (Å²) in [6.45, 7) is 5.78. The maximum Gasteiger partial charge on any atom is 0.227 e. The van der Waals surface area contributed by atoms with E-state index in [-0.39, 0.29) is 5.91 Å². The third kappa shape index (κ3) is 5.42. The van der Waals surface area contributed by atoms with E-state index in [2.05, 4.69) is 65.9 Å². The smallest absolute Gasteiger partial charge is 0.227 e. The Kier molecular flexibility index (Phi) is 6.67. The minimum atomic E-state index is 0.231. The van der Waals surface area contributed by atoms with Crippen molar-refractivity contribution in [2.75, 3.05) is 33.7 Å². The van der Waals surface area contributed by atoms with Gasteiger partial charge in [0, 0.05) is 37.9 Å². The monoisotopic (exact) mass is 368 g/mol. The number of carbonyl (C=O) groups excluding carboxylic acids is 1. The Labute approximate surface area is 163 Å². The molecule has 1 fully saturated rings. The highest BCUT2D eigenvalue weighted by atomic mass is 16.2. The largest absolute Gasteiger partial charge is 0.342 e. The second kappa shape index (κ2) is 9.18. The van der Waals surface area contributed by atoms with E-state index < -0.39 is 0 Å². The Morgan fingerprint density at radius 2 is 2.04 bits per heavy atom. The van der Waals surface area contributed by atoms with E-state index >= 15 is 0 Å². The fraction of sp³-hybridized carbons (Fsp3) is 0.545. The van der Waals surface area contributed by atoms with Crippen LogP contribution < -0.4 is 0 Å². The molecular formula is C22H32N4O. The summed E-state index contributed by atoms with van der Waals surface area (Å²) in [5.41, 5.74) is 2.32. The highest BCUT2D eigenvalue weighted by Crippen LogP contribution is 2.26. The number of amides is 1. The van der Waals surface area contributed by atoms with Gasteiger partial charge < -0.3 is 14.4 Å². The number of benzene rings is 1. The molecule has 1 amide bonds. The fourth-order valence-electron chi connectivity index (χ4n) is 3.83. The first kappa shape index (κ1) is 19.6. The number of aromatic nitrogens is 2. The summed E-state index contributed by atoms with van der Waals surface area (Å²) < 4.78 is 2.28. The molecule has 0 spiro atoms. The van der Waals surface area contributed by atoms with E-state index in [0.29, 0.717) is 12.3 Å². The molecule has 2 heterocycles. The lowest BCUT2D eigenvalue weighted by atomic mass is 9.96. The second-order valence-corrected chi connectivity index (χ2v) is 7.98. The second-order valence-electron chi connectivity index (χ2n) is 7.98. The molecule has 5 nitrogen and oxygen atoms in total. The van der Waals surface area contributed by atoms with Gasteiger partial charge in [-0.1, -0.05) is 29.8 Å². The van der Waals surface area contributed by atoms with Crippen molar-refractivity contribution >= 4 is 5.91 Å². The minimum Gasteiger partial charge on any atom is -0.342 e. The van der Waals surface area contributed by atoms with Crippen LogP contribution in [0.1, 0.15) is 42.1 Å². The van der Waals surface area contributed by atoms with Crippen LogP contribution in [0, 0.1) is 6.92 Å². The summed E-state index contributed by atoms with van der Waals surface area (Å²) in [7, 11) is 4.21. The molecule has 0 saturated carbocycles. The van der Waals surface area contributed by atoms with Gasteiger partial charge in [0.2, 0.25) is 5.91 Å². The number of piperidine rings is 1. The van der Waals surface area contributed by atoms with Gasteiger partial charge in [-0.05, 0) is 52.4 Å². The molecule has 0 aliphatic carbocycles. The van der Waals surface area contributed by atoms with Crippen molar-refractivity contribution in [2.45, 2.75) is 45.1 Å². The first-order valence-corrected chi connectivity index (χ1v) is 10.0. The molecule has 1 aliphatic heterocycles. The molecule has 146 valence electrons. The molecule has 1 atom stereocenters. The van der Waals surface area contributed by atoms with Gasteiger partial charge in [-0.15, -0.1) is 0 Å². The Balaban J connectivity index is 1.60. The van der Waals surface area contributed by atoms with Gasteiger partial charge in [0.15, 0.2) is 0 Å². The van der Waals surface area contributed by atoms with Crippen LogP contribution in [0.5, 0.6) is 0 Å². The number of hydrogen-bond acceptors (Lipinski definition) is 3.